The molecule has 0 N–H and O–H groups in total. The third kappa shape index (κ3) is 3.89. The second-order valence-corrected chi connectivity index (χ2v) is 12.4. The number of thiazole rings is 1. The van der Waals surface area contributed by atoms with Crippen LogP contribution in [0.15, 0.2) is 33.5 Å². The smallest absolute Gasteiger partial charge is 0.252 e. The van der Waals surface area contributed by atoms with Crippen LogP contribution in [0.4, 0.5) is 0 Å². The van der Waals surface area contributed by atoms with Crippen molar-refractivity contribution in [2.24, 2.45) is 18.0 Å². The zero-order chi connectivity index (χ0) is 21.6. The van der Waals surface area contributed by atoms with E-state index in [2.05, 4.69) is 31.0 Å². The van der Waals surface area contributed by atoms with E-state index in [1.807, 2.05) is 11.6 Å². The minimum absolute atomic E-state index is 0.178. The van der Waals surface area contributed by atoms with E-state index >= 15 is 0 Å². The molecule has 1 aliphatic rings. The Balaban J connectivity index is 1.52. The molecule has 3 aromatic rings. The summed E-state index contributed by atoms with van der Waals surface area (Å²) < 4.78 is 30.7. The van der Waals surface area contributed by atoms with Gasteiger partial charge < -0.3 is 4.57 Å². The number of amides is 1. The largest absolute Gasteiger partial charge is 0.319 e. The van der Waals surface area contributed by atoms with E-state index in [1.165, 1.54) is 32.8 Å². The number of rotatable bonds is 3. The molecule has 6 nitrogen and oxygen atoms in total. The summed E-state index contributed by atoms with van der Waals surface area (Å²) in [6.45, 7) is 4.76. The predicted octanol–water partition coefficient (Wildman–Crippen LogP) is 4.10. The van der Waals surface area contributed by atoms with Gasteiger partial charge in [0.15, 0.2) is 4.80 Å². The number of sulfonamides is 1. The molecule has 0 radical (unpaired) electrons. The zero-order valence-electron chi connectivity index (χ0n) is 16.9. The summed E-state index contributed by atoms with van der Waals surface area (Å²) in [7, 11) is -1.63. The number of aromatic nitrogens is 1. The number of carbonyl (C=O) groups is 1. The van der Waals surface area contributed by atoms with Gasteiger partial charge in [0.1, 0.15) is 4.21 Å². The van der Waals surface area contributed by atoms with Crippen LogP contribution in [0, 0.1) is 19.8 Å². The van der Waals surface area contributed by atoms with Gasteiger partial charge in [0, 0.05) is 26.1 Å². The number of thiophene rings is 1. The van der Waals surface area contributed by atoms with Crippen LogP contribution in [-0.4, -0.2) is 36.3 Å². The highest BCUT2D eigenvalue weighted by molar-refractivity contribution is 7.91. The van der Waals surface area contributed by atoms with Gasteiger partial charge in [0.05, 0.1) is 14.6 Å². The average molecular weight is 484 g/mol. The van der Waals surface area contributed by atoms with E-state index in [-0.39, 0.29) is 16.0 Å². The number of carbonyl (C=O) groups excluding carboxylic acids is 1. The number of hydrogen-bond donors (Lipinski definition) is 0. The highest BCUT2D eigenvalue weighted by atomic mass is 35.5. The SMILES string of the molecule is Cc1ccc2sc(=NC(=O)C3CCN(S(=O)(=O)c4ccc(Cl)s4)CC3)n(C)c2c1C. The lowest BCUT2D eigenvalue weighted by atomic mass is 9.98. The number of aryl methyl sites for hydroxylation is 3. The van der Waals surface area contributed by atoms with Gasteiger partial charge in [-0.15, -0.1) is 11.3 Å². The maximum Gasteiger partial charge on any atom is 0.252 e. The van der Waals surface area contributed by atoms with Crippen LogP contribution in [-0.2, 0) is 21.9 Å². The minimum Gasteiger partial charge on any atom is -0.319 e. The highest BCUT2D eigenvalue weighted by Gasteiger charge is 2.33. The Bertz CT molecular complexity index is 1300. The third-order valence-corrected chi connectivity index (χ3v) is 10.3. The van der Waals surface area contributed by atoms with Crippen molar-refractivity contribution >= 4 is 60.4 Å². The molecule has 1 saturated heterocycles. The van der Waals surface area contributed by atoms with Crippen LogP contribution in [0.25, 0.3) is 10.2 Å². The quantitative estimate of drug-likeness (QED) is 0.563. The van der Waals surface area contributed by atoms with Crippen molar-refractivity contribution in [1.29, 1.82) is 0 Å². The van der Waals surface area contributed by atoms with E-state index in [0.717, 1.165) is 21.6 Å². The van der Waals surface area contributed by atoms with Gasteiger partial charge >= 0.3 is 0 Å². The van der Waals surface area contributed by atoms with Crippen molar-refractivity contribution in [2.75, 3.05) is 13.1 Å². The monoisotopic (exact) mass is 483 g/mol. The van der Waals surface area contributed by atoms with Crippen molar-refractivity contribution in [3.05, 3.63) is 44.5 Å². The lowest BCUT2D eigenvalue weighted by Crippen LogP contribution is -2.40. The first-order valence-electron chi connectivity index (χ1n) is 9.58. The molecule has 0 spiro atoms. The molecule has 1 aromatic carbocycles. The van der Waals surface area contributed by atoms with Gasteiger partial charge in [-0.2, -0.15) is 9.30 Å². The van der Waals surface area contributed by atoms with Crippen molar-refractivity contribution in [3.63, 3.8) is 0 Å². The fraction of sp³-hybridized carbons (Fsp3) is 0.400. The topological polar surface area (TPSA) is 71.7 Å². The van der Waals surface area contributed by atoms with Gasteiger partial charge in [-0.05, 0) is 56.0 Å². The molecule has 0 saturated carbocycles. The number of nitrogens with zero attached hydrogens (tertiary/aromatic N) is 3. The highest BCUT2D eigenvalue weighted by Crippen LogP contribution is 2.31. The van der Waals surface area contributed by atoms with Crippen LogP contribution in [0.2, 0.25) is 4.34 Å². The second-order valence-electron chi connectivity index (χ2n) is 7.48. The van der Waals surface area contributed by atoms with Crippen LogP contribution >= 0.6 is 34.3 Å². The Morgan fingerprint density at radius 2 is 1.83 bits per heavy atom. The second kappa shape index (κ2) is 8.20. The molecule has 4 rings (SSSR count). The molecule has 10 heteroatoms. The predicted molar refractivity (Wildman–Crippen MR) is 122 cm³/mol. The lowest BCUT2D eigenvalue weighted by molar-refractivity contribution is -0.122. The van der Waals surface area contributed by atoms with E-state index in [1.54, 1.807) is 6.07 Å². The van der Waals surface area contributed by atoms with Crippen molar-refractivity contribution in [1.82, 2.24) is 8.87 Å². The molecule has 0 aliphatic carbocycles. The first-order chi connectivity index (χ1) is 14.2. The van der Waals surface area contributed by atoms with Crippen molar-refractivity contribution < 1.29 is 13.2 Å². The first-order valence-corrected chi connectivity index (χ1v) is 13.0. The van der Waals surface area contributed by atoms with Gasteiger partial charge in [-0.3, -0.25) is 4.79 Å². The lowest BCUT2D eigenvalue weighted by Gasteiger charge is -2.29. The van der Waals surface area contributed by atoms with Crippen molar-refractivity contribution in [2.45, 2.75) is 30.9 Å². The van der Waals surface area contributed by atoms with Crippen LogP contribution in [0.1, 0.15) is 24.0 Å². The Morgan fingerprint density at radius 3 is 2.47 bits per heavy atom. The number of hydrogen-bond acceptors (Lipinski definition) is 5. The summed E-state index contributed by atoms with van der Waals surface area (Å²) in [4.78, 5) is 17.9. The van der Waals surface area contributed by atoms with Crippen molar-refractivity contribution in [3.8, 4) is 0 Å². The van der Waals surface area contributed by atoms with Crippen LogP contribution < -0.4 is 4.80 Å². The fourth-order valence-electron chi connectivity index (χ4n) is 3.73. The number of piperidine rings is 1. The van der Waals surface area contributed by atoms with E-state index in [4.69, 9.17) is 11.6 Å². The molecule has 1 aliphatic heterocycles. The molecule has 1 amide bonds. The normalized spacial score (nSPS) is 17.1. The molecule has 2 aromatic heterocycles. The van der Waals surface area contributed by atoms with Gasteiger partial charge in [0.25, 0.3) is 15.9 Å². The molecule has 3 heterocycles. The van der Waals surface area contributed by atoms with Gasteiger partial charge in [-0.25, -0.2) is 8.42 Å². The molecular formula is C20H22ClN3O3S3. The number of benzene rings is 1. The summed E-state index contributed by atoms with van der Waals surface area (Å²) in [6, 6.07) is 7.26. The number of halogens is 1. The summed E-state index contributed by atoms with van der Waals surface area (Å²) in [5.41, 5.74) is 3.49. The first kappa shape index (κ1) is 21.7. The number of fused-ring (bicyclic) bond motifs is 1. The molecule has 1 fully saturated rings. The standard InChI is InChI=1S/C20H22ClN3O3S3/c1-12-4-5-15-18(13(12)2)23(3)20(28-15)22-19(25)14-8-10-24(11-9-14)30(26,27)17-7-6-16(21)29-17/h4-7,14H,8-11H2,1-3H3. The van der Waals surface area contributed by atoms with Crippen LogP contribution in [0.3, 0.4) is 0 Å². The maximum absolute atomic E-state index is 12.8. The minimum atomic E-state index is -3.56. The van der Waals surface area contributed by atoms with Crippen LogP contribution in [0.5, 0.6) is 0 Å². The molecule has 0 unspecified atom stereocenters. The fourth-order valence-corrected chi connectivity index (χ4v) is 7.92. The molecule has 0 bridgehead atoms. The maximum atomic E-state index is 12.8. The Morgan fingerprint density at radius 1 is 1.13 bits per heavy atom. The third-order valence-electron chi connectivity index (χ3n) is 5.64. The van der Waals surface area contributed by atoms with Gasteiger partial charge in [-0.1, -0.05) is 29.0 Å². The van der Waals surface area contributed by atoms with E-state index in [9.17, 15) is 13.2 Å². The summed E-state index contributed by atoms with van der Waals surface area (Å²) in [5.74, 6) is -0.445. The Labute approximate surface area is 188 Å². The van der Waals surface area contributed by atoms with E-state index in [0.29, 0.717) is 35.1 Å². The zero-order valence-corrected chi connectivity index (χ0v) is 20.1. The molecule has 160 valence electrons. The summed E-state index contributed by atoms with van der Waals surface area (Å²) >= 11 is 8.44. The Hall–Kier alpha value is -1.52. The molecule has 30 heavy (non-hydrogen) atoms. The average Bonchev–Trinajstić information content (AvgIpc) is 3.29. The Kier molecular flexibility index (Phi) is 5.93. The summed E-state index contributed by atoms with van der Waals surface area (Å²) in [6.07, 6.45) is 0.931. The van der Waals surface area contributed by atoms with E-state index < -0.39 is 10.0 Å². The molecular weight excluding hydrogens is 462 g/mol. The summed E-state index contributed by atoms with van der Waals surface area (Å²) in [5, 5.41) is 0. The molecule has 0 atom stereocenters. The van der Waals surface area contributed by atoms with Gasteiger partial charge in [0.2, 0.25) is 0 Å².